The predicted molar refractivity (Wildman–Crippen MR) is 55.7 cm³/mol. The maximum Gasteiger partial charge on any atom is 0.0434 e. The number of rotatable bonds is 4. The molecule has 1 aliphatic heterocycles. The summed E-state index contributed by atoms with van der Waals surface area (Å²) in [6.07, 6.45) is 5.50. The molecule has 76 valence electrons. The molecule has 0 atom stereocenters. The van der Waals surface area contributed by atoms with Gasteiger partial charge in [0.1, 0.15) is 0 Å². The molecule has 1 rings (SSSR count). The van der Waals surface area contributed by atoms with E-state index in [1.807, 2.05) is 0 Å². The average molecular weight is 183 g/mol. The number of aliphatic hydroxyl groups excluding tert-OH is 1. The van der Waals surface area contributed by atoms with Crippen LogP contribution in [-0.4, -0.2) is 35.7 Å². The second kappa shape index (κ2) is 5.40. The molecule has 2 heteroatoms. The van der Waals surface area contributed by atoms with Crippen molar-refractivity contribution >= 4 is 0 Å². The van der Waals surface area contributed by atoms with Crippen LogP contribution in [-0.2, 0) is 0 Å². The van der Waals surface area contributed by atoms with Crippen molar-refractivity contribution in [1.82, 2.24) is 4.90 Å². The number of hydrogen-bond acceptors (Lipinski definition) is 2. The molecule has 0 saturated carbocycles. The predicted octanol–water partition coefficient (Wildman–Crippen LogP) is 1.80. The summed E-state index contributed by atoms with van der Waals surface area (Å²) in [7, 11) is 0. The van der Waals surface area contributed by atoms with Crippen molar-refractivity contribution in [3.63, 3.8) is 0 Å². The molecular weight excluding hydrogens is 162 g/mol. The van der Waals surface area contributed by atoms with Crippen molar-refractivity contribution in [2.45, 2.75) is 39.2 Å². The Hall–Kier alpha value is -0.340. The van der Waals surface area contributed by atoms with Gasteiger partial charge in [0, 0.05) is 25.7 Å². The Morgan fingerprint density at radius 3 is 2.92 bits per heavy atom. The zero-order valence-electron chi connectivity index (χ0n) is 8.79. The van der Waals surface area contributed by atoms with E-state index in [0.29, 0.717) is 12.6 Å². The summed E-state index contributed by atoms with van der Waals surface area (Å²) in [4.78, 5) is 2.49. The highest BCUT2D eigenvalue weighted by Gasteiger charge is 2.14. The van der Waals surface area contributed by atoms with Crippen molar-refractivity contribution in [3.8, 4) is 0 Å². The lowest BCUT2D eigenvalue weighted by atomic mass is 10.0. The van der Waals surface area contributed by atoms with Gasteiger partial charge in [-0.05, 0) is 33.1 Å². The maximum absolute atomic E-state index is 8.73. The maximum atomic E-state index is 8.73. The fourth-order valence-corrected chi connectivity index (χ4v) is 1.77. The van der Waals surface area contributed by atoms with E-state index in [-0.39, 0.29) is 0 Å². The lowest BCUT2D eigenvalue weighted by molar-refractivity contribution is 0.229. The van der Waals surface area contributed by atoms with Gasteiger partial charge in [-0.25, -0.2) is 0 Å². The molecule has 1 N–H and O–H groups in total. The topological polar surface area (TPSA) is 23.5 Å². The molecule has 1 heterocycles. The van der Waals surface area contributed by atoms with Gasteiger partial charge in [0.05, 0.1) is 0 Å². The first-order valence-corrected chi connectivity index (χ1v) is 5.27. The van der Waals surface area contributed by atoms with E-state index in [0.717, 1.165) is 19.4 Å². The van der Waals surface area contributed by atoms with Gasteiger partial charge in [-0.3, -0.25) is 4.90 Å². The lowest BCUT2D eigenvalue weighted by Crippen LogP contribution is -2.35. The Morgan fingerprint density at radius 1 is 1.54 bits per heavy atom. The largest absolute Gasteiger partial charge is 0.396 e. The van der Waals surface area contributed by atoms with Gasteiger partial charge >= 0.3 is 0 Å². The first-order valence-electron chi connectivity index (χ1n) is 5.27. The summed E-state index contributed by atoms with van der Waals surface area (Å²) in [6.45, 7) is 7.11. The minimum atomic E-state index is 0.318. The van der Waals surface area contributed by atoms with Crippen LogP contribution in [0.15, 0.2) is 11.6 Å². The third kappa shape index (κ3) is 3.49. The van der Waals surface area contributed by atoms with Crippen molar-refractivity contribution in [2.75, 3.05) is 19.7 Å². The fraction of sp³-hybridized carbons (Fsp3) is 0.818. The molecule has 0 saturated heterocycles. The second-order valence-corrected chi connectivity index (χ2v) is 4.04. The quantitative estimate of drug-likeness (QED) is 0.672. The van der Waals surface area contributed by atoms with Crippen molar-refractivity contribution in [3.05, 3.63) is 11.6 Å². The molecule has 0 unspecified atom stereocenters. The van der Waals surface area contributed by atoms with Crippen LogP contribution in [0.3, 0.4) is 0 Å². The monoisotopic (exact) mass is 183 g/mol. The van der Waals surface area contributed by atoms with Crippen LogP contribution in [0, 0.1) is 0 Å². The van der Waals surface area contributed by atoms with Crippen molar-refractivity contribution < 1.29 is 5.11 Å². The summed E-state index contributed by atoms with van der Waals surface area (Å²) in [5.41, 5.74) is 1.51. The first kappa shape index (κ1) is 10.7. The van der Waals surface area contributed by atoms with E-state index in [1.165, 1.54) is 18.5 Å². The normalized spacial score (nSPS) is 19.2. The van der Waals surface area contributed by atoms with E-state index < -0.39 is 0 Å². The van der Waals surface area contributed by atoms with Crippen molar-refractivity contribution in [2.24, 2.45) is 0 Å². The van der Waals surface area contributed by atoms with E-state index in [4.69, 9.17) is 5.11 Å². The van der Waals surface area contributed by atoms with Crippen LogP contribution >= 0.6 is 0 Å². The summed E-state index contributed by atoms with van der Waals surface area (Å²) in [6, 6.07) is 0.651. The molecule has 0 spiro atoms. The zero-order chi connectivity index (χ0) is 9.68. The molecular formula is C11H21NO. The van der Waals surface area contributed by atoms with E-state index in [1.54, 1.807) is 0 Å². The summed E-state index contributed by atoms with van der Waals surface area (Å²) < 4.78 is 0. The molecule has 0 aliphatic carbocycles. The Labute approximate surface area is 81.2 Å². The Kier molecular flexibility index (Phi) is 4.46. The molecule has 0 bridgehead atoms. The lowest BCUT2D eigenvalue weighted by Gasteiger charge is -2.30. The van der Waals surface area contributed by atoms with Crippen LogP contribution in [0.25, 0.3) is 0 Å². The van der Waals surface area contributed by atoms with E-state index in [9.17, 15) is 0 Å². The molecule has 0 amide bonds. The summed E-state index contributed by atoms with van der Waals surface area (Å²) in [5, 5.41) is 8.73. The molecule has 13 heavy (non-hydrogen) atoms. The van der Waals surface area contributed by atoms with Gasteiger partial charge in [0.15, 0.2) is 0 Å². The van der Waals surface area contributed by atoms with Crippen LogP contribution in [0.5, 0.6) is 0 Å². The molecule has 2 nitrogen and oxygen atoms in total. The Morgan fingerprint density at radius 2 is 2.31 bits per heavy atom. The highest BCUT2D eigenvalue weighted by atomic mass is 16.2. The average Bonchev–Trinajstić information content (AvgIpc) is 2.15. The molecule has 1 aliphatic rings. The first-order chi connectivity index (χ1) is 6.24. The molecule has 0 radical (unpaired) electrons. The molecule has 0 aromatic rings. The smallest absolute Gasteiger partial charge is 0.0434 e. The van der Waals surface area contributed by atoms with Gasteiger partial charge in [-0.15, -0.1) is 0 Å². The van der Waals surface area contributed by atoms with Gasteiger partial charge in [-0.1, -0.05) is 11.6 Å². The van der Waals surface area contributed by atoms with E-state index in [2.05, 4.69) is 24.8 Å². The number of nitrogens with zero attached hydrogens (tertiary/aromatic N) is 1. The minimum Gasteiger partial charge on any atom is -0.396 e. The molecule has 0 aromatic carbocycles. The zero-order valence-corrected chi connectivity index (χ0v) is 8.79. The standard InChI is InChI=1S/C11H21NO/c1-10(2)12-7-3-5-11(9-12)6-4-8-13/h5,10,13H,3-4,6-9H2,1-2H3. The SMILES string of the molecule is CC(C)N1CCC=C(CCCO)C1. The van der Waals surface area contributed by atoms with Crippen molar-refractivity contribution in [1.29, 1.82) is 0 Å². The molecule has 0 aromatic heterocycles. The highest BCUT2D eigenvalue weighted by Crippen LogP contribution is 2.16. The fourth-order valence-electron chi connectivity index (χ4n) is 1.77. The number of hydrogen-bond donors (Lipinski definition) is 1. The summed E-state index contributed by atoms with van der Waals surface area (Å²) >= 11 is 0. The van der Waals surface area contributed by atoms with Gasteiger partial charge < -0.3 is 5.11 Å². The van der Waals surface area contributed by atoms with Gasteiger partial charge in [0.2, 0.25) is 0 Å². The van der Waals surface area contributed by atoms with Crippen LogP contribution < -0.4 is 0 Å². The van der Waals surface area contributed by atoms with Gasteiger partial charge in [-0.2, -0.15) is 0 Å². The minimum absolute atomic E-state index is 0.318. The van der Waals surface area contributed by atoms with E-state index >= 15 is 0 Å². The van der Waals surface area contributed by atoms with Crippen LogP contribution in [0.1, 0.15) is 33.1 Å². The molecule has 0 fully saturated rings. The van der Waals surface area contributed by atoms with Gasteiger partial charge in [0.25, 0.3) is 0 Å². The third-order valence-corrected chi connectivity index (χ3v) is 2.64. The second-order valence-electron chi connectivity index (χ2n) is 4.04. The Bertz CT molecular complexity index is 175. The van der Waals surface area contributed by atoms with Crippen LogP contribution in [0.4, 0.5) is 0 Å². The Balaban J connectivity index is 2.35. The highest BCUT2D eigenvalue weighted by molar-refractivity contribution is 5.08. The van der Waals surface area contributed by atoms with Crippen LogP contribution in [0.2, 0.25) is 0 Å². The number of aliphatic hydroxyl groups is 1. The summed E-state index contributed by atoms with van der Waals surface area (Å²) in [5.74, 6) is 0. The third-order valence-electron chi connectivity index (χ3n) is 2.64.